The van der Waals surface area contributed by atoms with E-state index >= 15 is 0 Å². The van der Waals surface area contributed by atoms with Gasteiger partial charge in [-0.05, 0) is 35.9 Å². The fourth-order valence-electron chi connectivity index (χ4n) is 2.97. The highest BCUT2D eigenvalue weighted by molar-refractivity contribution is 7.80. The zero-order chi connectivity index (χ0) is 25.1. The van der Waals surface area contributed by atoms with Gasteiger partial charge in [0.2, 0.25) is 5.91 Å². The maximum absolute atomic E-state index is 13.2. The maximum atomic E-state index is 13.2. The maximum Gasteiger partial charge on any atom is 0.283 e. The molecule has 5 N–H and O–H groups in total. The third-order valence-electron chi connectivity index (χ3n) is 4.71. The van der Waals surface area contributed by atoms with Gasteiger partial charge in [0.05, 0.1) is 17.9 Å². The monoisotopic (exact) mass is 518 g/mol. The van der Waals surface area contributed by atoms with Gasteiger partial charge >= 0.3 is 0 Å². The van der Waals surface area contributed by atoms with E-state index in [4.69, 9.17) is 11.6 Å². The van der Waals surface area contributed by atoms with E-state index in [9.17, 15) is 14.4 Å². The molecule has 0 spiro atoms. The molecule has 3 aromatic rings. The van der Waals surface area contributed by atoms with Crippen LogP contribution in [0.2, 0.25) is 5.02 Å². The Morgan fingerprint density at radius 1 is 0.941 bits per heavy atom. The minimum atomic E-state index is -0.537. The Hall–Kier alpha value is -2.84. The Morgan fingerprint density at radius 3 is 2.21 bits per heavy atom. The molecule has 0 bridgehead atoms. The second-order valence-corrected chi connectivity index (χ2v) is 7.98. The quantitative estimate of drug-likeness (QED) is 0.205. The van der Waals surface area contributed by atoms with Crippen LogP contribution in [0.15, 0.2) is 72.8 Å². The van der Waals surface area contributed by atoms with E-state index in [1.54, 1.807) is 66.7 Å². The molecule has 0 heterocycles. The molecule has 34 heavy (non-hydrogen) atoms. The summed E-state index contributed by atoms with van der Waals surface area (Å²) in [5, 5.41) is 6.13. The van der Waals surface area contributed by atoms with E-state index in [0.717, 1.165) is 5.56 Å². The molecule has 0 aliphatic rings. The van der Waals surface area contributed by atoms with Gasteiger partial charge in [-0.25, -0.2) is 0 Å². The number of alkyl halides is 1. The summed E-state index contributed by atoms with van der Waals surface area (Å²) in [6, 6.07) is 19.9. The summed E-state index contributed by atoms with van der Waals surface area (Å²) in [6.45, 7) is 0. The number of thiol groups is 1. The number of halogens is 2. The molecule has 2 amide bonds. The second kappa shape index (κ2) is 13.8. The number of anilines is 2. The van der Waals surface area contributed by atoms with Crippen molar-refractivity contribution in [3.8, 4) is 0 Å². The molecule has 0 aromatic heterocycles. The van der Waals surface area contributed by atoms with Crippen LogP contribution in [0.25, 0.3) is 0 Å². The Bertz CT molecular complexity index is 1130. The fourth-order valence-corrected chi connectivity index (χ4v) is 3.26. The lowest BCUT2D eigenvalue weighted by Crippen LogP contribution is -2.67. The first-order valence-electron chi connectivity index (χ1n) is 10.3. The summed E-state index contributed by atoms with van der Waals surface area (Å²) in [4.78, 5) is 38.0. The highest BCUT2D eigenvalue weighted by Crippen LogP contribution is 2.24. The molecule has 0 fully saturated rings. The van der Waals surface area contributed by atoms with Crippen LogP contribution in [0.4, 0.5) is 11.4 Å². The molecule has 1 atom stereocenters. The largest absolute Gasteiger partial charge is 0.347 e. The smallest absolute Gasteiger partial charge is 0.283 e. The van der Waals surface area contributed by atoms with Crippen LogP contribution in [0.3, 0.4) is 0 Å². The summed E-state index contributed by atoms with van der Waals surface area (Å²) in [6.07, 6.45) is 1.60. The highest BCUT2D eigenvalue weighted by atomic mass is 35.5. The van der Waals surface area contributed by atoms with Gasteiger partial charge in [0.1, 0.15) is 0 Å². The molecule has 0 aliphatic carbocycles. The number of hydrogen-bond acceptors (Lipinski definition) is 4. The fraction of sp³-hybridized carbons (Fsp3) is 0.160. The first-order chi connectivity index (χ1) is 16.4. The second-order valence-electron chi connectivity index (χ2n) is 7.18. The summed E-state index contributed by atoms with van der Waals surface area (Å²) in [5.41, 5.74) is 6.06. The predicted octanol–water partition coefficient (Wildman–Crippen LogP) is 4.09. The summed E-state index contributed by atoms with van der Waals surface area (Å²) in [5.74, 6) is -0.568. The number of benzene rings is 3. The first-order valence-corrected chi connectivity index (χ1v) is 12.0. The third-order valence-corrected chi connectivity index (χ3v) is 5.40. The van der Waals surface area contributed by atoms with Crippen molar-refractivity contribution >= 4 is 64.8 Å². The molecule has 6 nitrogen and oxygen atoms in total. The van der Waals surface area contributed by atoms with Gasteiger partial charge in [0.15, 0.2) is 11.8 Å². The van der Waals surface area contributed by atoms with Crippen molar-refractivity contribution in [1.82, 2.24) is 0 Å². The molecule has 1 unspecified atom stereocenters. The van der Waals surface area contributed by atoms with Gasteiger partial charge in [0, 0.05) is 28.2 Å². The summed E-state index contributed by atoms with van der Waals surface area (Å²) >= 11 is 14.6. The number of amides is 2. The topological polar surface area (TPSA) is 103 Å². The Kier molecular flexibility index (Phi) is 11.1. The molecular formula is C25H26Cl2N3O3S+. The standard InChI is InChI=1S/C24H22ClN3O3S.CH3Cl/c25-17-8-6-15(7-9-17)12-22(29)28-21-11-10-18(27-24(31)20(26)14-32)13-19(21)23(30)16-4-2-1-3-5-16;1-2/h1-11,13,20,32H,12,14,26H2,(H,27,31)(H,28,29);1H3/p+1. The number of nitrogens with one attached hydrogen (secondary N) is 2. The number of carbonyl (C=O) groups excluding carboxylic acids is 3. The zero-order valence-electron chi connectivity index (χ0n) is 18.6. The number of carbonyl (C=O) groups is 3. The molecule has 0 saturated heterocycles. The highest BCUT2D eigenvalue weighted by Gasteiger charge is 2.19. The van der Waals surface area contributed by atoms with Crippen molar-refractivity contribution in [2.24, 2.45) is 0 Å². The summed E-state index contributed by atoms with van der Waals surface area (Å²) < 4.78 is 0. The zero-order valence-corrected chi connectivity index (χ0v) is 21.0. The first kappa shape index (κ1) is 27.4. The van der Waals surface area contributed by atoms with Crippen LogP contribution in [0, 0.1) is 0 Å². The van der Waals surface area contributed by atoms with Crippen molar-refractivity contribution in [2.75, 3.05) is 22.8 Å². The van der Waals surface area contributed by atoms with E-state index < -0.39 is 6.04 Å². The van der Waals surface area contributed by atoms with Crippen LogP contribution >= 0.6 is 35.8 Å². The normalized spacial score (nSPS) is 11.0. The Labute approximate surface area is 214 Å². The Balaban J connectivity index is 0.00000199. The van der Waals surface area contributed by atoms with E-state index in [1.807, 2.05) is 6.07 Å². The average molecular weight is 519 g/mol. The van der Waals surface area contributed by atoms with E-state index in [0.29, 0.717) is 27.7 Å². The van der Waals surface area contributed by atoms with Crippen molar-refractivity contribution in [2.45, 2.75) is 12.5 Å². The third kappa shape index (κ3) is 7.88. The van der Waals surface area contributed by atoms with Crippen molar-refractivity contribution in [3.63, 3.8) is 0 Å². The molecule has 3 rings (SSSR count). The van der Waals surface area contributed by atoms with E-state index in [2.05, 4.69) is 40.6 Å². The molecule has 0 saturated carbocycles. The molecule has 0 radical (unpaired) electrons. The summed E-state index contributed by atoms with van der Waals surface area (Å²) in [7, 11) is 0. The van der Waals surface area contributed by atoms with Crippen molar-refractivity contribution < 1.29 is 20.1 Å². The van der Waals surface area contributed by atoms with E-state index in [-0.39, 0.29) is 29.6 Å². The molecule has 178 valence electrons. The number of quaternary nitrogens is 1. The molecule has 0 aliphatic heterocycles. The van der Waals surface area contributed by atoms with Crippen LogP contribution in [0.5, 0.6) is 0 Å². The van der Waals surface area contributed by atoms with Crippen molar-refractivity contribution in [3.05, 3.63) is 94.5 Å². The minimum absolute atomic E-state index is 0.125. The van der Waals surface area contributed by atoms with Gasteiger partial charge in [0.25, 0.3) is 5.91 Å². The lowest BCUT2D eigenvalue weighted by molar-refractivity contribution is -0.395. The van der Waals surface area contributed by atoms with Gasteiger partial charge in [-0.3, -0.25) is 14.4 Å². The van der Waals surface area contributed by atoms with Gasteiger partial charge in [-0.15, -0.1) is 11.6 Å². The van der Waals surface area contributed by atoms with Crippen LogP contribution in [0.1, 0.15) is 21.5 Å². The minimum Gasteiger partial charge on any atom is -0.347 e. The van der Waals surface area contributed by atoms with Gasteiger partial charge in [-0.2, -0.15) is 12.6 Å². The number of rotatable bonds is 8. The van der Waals surface area contributed by atoms with Crippen LogP contribution < -0.4 is 16.4 Å². The predicted molar refractivity (Wildman–Crippen MR) is 141 cm³/mol. The average Bonchev–Trinajstić information content (AvgIpc) is 2.87. The lowest BCUT2D eigenvalue weighted by Gasteiger charge is -2.14. The van der Waals surface area contributed by atoms with Crippen LogP contribution in [-0.4, -0.2) is 35.8 Å². The Morgan fingerprint density at radius 2 is 1.59 bits per heavy atom. The van der Waals surface area contributed by atoms with Crippen molar-refractivity contribution in [1.29, 1.82) is 0 Å². The lowest BCUT2D eigenvalue weighted by atomic mass is 10.0. The van der Waals surface area contributed by atoms with Gasteiger partial charge < -0.3 is 16.4 Å². The molecule has 3 aromatic carbocycles. The SMILES string of the molecule is CCl.[NH3+]C(CS)C(=O)Nc1ccc(NC(=O)Cc2ccc(Cl)cc2)c(C(=O)c2ccccc2)c1. The number of ketones is 1. The molecular weight excluding hydrogens is 493 g/mol. The molecule has 9 heteroatoms. The van der Waals surface area contributed by atoms with Gasteiger partial charge in [-0.1, -0.05) is 54.1 Å². The number of hydrogen-bond donors (Lipinski definition) is 4. The van der Waals surface area contributed by atoms with E-state index in [1.165, 1.54) is 6.38 Å². The van der Waals surface area contributed by atoms with Crippen LogP contribution in [-0.2, 0) is 16.0 Å².